The first-order valence-corrected chi connectivity index (χ1v) is 5.99. The van der Waals surface area contributed by atoms with Crippen LogP contribution in [0.1, 0.15) is 16.7 Å². The topological polar surface area (TPSA) is 35.8 Å². The summed E-state index contributed by atoms with van der Waals surface area (Å²) in [6, 6.07) is 10.1. The van der Waals surface area contributed by atoms with E-state index in [4.69, 9.17) is 5.26 Å². The first kappa shape index (κ1) is 10.7. The number of benzene rings is 1. The minimum absolute atomic E-state index is 0.737. The van der Waals surface area contributed by atoms with Crippen molar-refractivity contribution in [2.45, 2.75) is 13.5 Å². The molecule has 1 N–H and O–H groups in total. The molecule has 0 aliphatic heterocycles. The zero-order valence-corrected chi connectivity index (χ0v) is 9.84. The molecule has 2 aromatic rings. The molecule has 0 aliphatic rings. The smallest absolute Gasteiger partial charge is 0.0994 e. The number of nitrogens with zero attached hydrogens (tertiary/aromatic N) is 1. The zero-order chi connectivity index (χ0) is 11.4. The molecule has 80 valence electrons. The Morgan fingerprint density at radius 3 is 2.88 bits per heavy atom. The molecule has 0 spiro atoms. The van der Waals surface area contributed by atoms with E-state index in [1.807, 2.05) is 25.1 Å². The number of thiophene rings is 1. The van der Waals surface area contributed by atoms with E-state index in [0.717, 1.165) is 23.4 Å². The summed E-state index contributed by atoms with van der Waals surface area (Å²) in [7, 11) is 0. The lowest BCUT2D eigenvalue weighted by atomic mass is 10.1. The van der Waals surface area contributed by atoms with Crippen LogP contribution in [0.25, 0.3) is 0 Å². The van der Waals surface area contributed by atoms with E-state index in [-0.39, 0.29) is 0 Å². The van der Waals surface area contributed by atoms with Crippen LogP contribution in [0.4, 0.5) is 5.69 Å². The average Bonchev–Trinajstić information content (AvgIpc) is 2.79. The number of hydrogen-bond acceptors (Lipinski definition) is 3. The Morgan fingerprint density at radius 1 is 1.38 bits per heavy atom. The summed E-state index contributed by atoms with van der Waals surface area (Å²) in [5, 5.41) is 16.4. The lowest BCUT2D eigenvalue weighted by Gasteiger charge is -2.06. The minimum Gasteiger partial charge on any atom is -0.381 e. The van der Waals surface area contributed by atoms with E-state index >= 15 is 0 Å². The molecule has 0 saturated carbocycles. The third-order valence-corrected chi connectivity index (χ3v) is 3.16. The van der Waals surface area contributed by atoms with Crippen molar-refractivity contribution < 1.29 is 0 Å². The molecule has 2 rings (SSSR count). The fourth-order valence-corrected chi connectivity index (χ4v) is 2.17. The summed E-state index contributed by atoms with van der Waals surface area (Å²) in [6.45, 7) is 2.78. The molecule has 0 aliphatic carbocycles. The molecule has 2 nitrogen and oxygen atoms in total. The lowest BCUT2D eigenvalue weighted by Crippen LogP contribution is -1.98. The van der Waals surface area contributed by atoms with E-state index in [0.29, 0.717) is 0 Å². The molecule has 16 heavy (non-hydrogen) atoms. The maximum atomic E-state index is 8.82. The van der Waals surface area contributed by atoms with Crippen molar-refractivity contribution in [2.75, 3.05) is 5.32 Å². The molecule has 1 heterocycles. The second kappa shape index (κ2) is 4.82. The van der Waals surface area contributed by atoms with E-state index in [1.54, 1.807) is 11.3 Å². The van der Waals surface area contributed by atoms with E-state index in [1.165, 1.54) is 5.56 Å². The van der Waals surface area contributed by atoms with Crippen LogP contribution in [0.2, 0.25) is 0 Å². The Kier molecular flexibility index (Phi) is 3.23. The van der Waals surface area contributed by atoms with Gasteiger partial charge in [-0.1, -0.05) is 0 Å². The highest BCUT2D eigenvalue weighted by Crippen LogP contribution is 2.16. The molecule has 1 aromatic carbocycles. The SMILES string of the molecule is Cc1cc(NCc2ccsc2)ccc1C#N. The van der Waals surface area contributed by atoms with Crippen LogP contribution in [0.3, 0.4) is 0 Å². The Morgan fingerprint density at radius 2 is 2.25 bits per heavy atom. The van der Waals surface area contributed by atoms with Crippen LogP contribution in [0.5, 0.6) is 0 Å². The number of rotatable bonds is 3. The van der Waals surface area contributed by atoms with Crippen LogP contribution >= 0.6 is 11.3 Å². The maximum Gasteiger partial charge on any atom is 0.0994 e. The highest BCUT2D eigenvalue weighted by molar-refractivity contribution is 7.07. The van der Waals surface area contributed by atoms with Crippen molar-refractivity contribution in [1.29, 1.82) is 5.26 Å². The lowest BCUT2D eigenvalue weighted by molar-refractivity contribution is 1.16. The summed E-state index contributed by atoms with van der Waals surface area (Å²) < 4.78 is 0. The van der Waals surface area contributed by atoms with Crippen molar-refractivity contribution in [1.82, 2.24) is 0 Å². The molecule has 0 saturated heterocycles. The molecule has 0 unspecified atom stereocenters. The predicted molar refractivity (Wildman–Crippen MR) is 67.5 cm³/mol. The van der Waals surface area contributed by atoms with Gasteiger partial charge in [0.1, 0.15) is 0 Å². The number of aryl methyl sites for hydroxylation is 1. The van der Waals surface area contributed by atoms with Gasteiger partial charge in [0.25, 0.3) is 0 Å². The number of nitrogens with one attached hydrogen (secondary N) is 1. The predicted octanol–water partition coefficient (Wildman–Crippen LogP) is 3.54. The van der Waals surface area contributed by atoms with E-state index in [9.17, 15) is 0 Å². The molecule has 0 amide bonds. The molecule has 1 aromatic heterocycles. The fourth-order valence-electron chi connectivity index (χ4n) is 1.50. The van der Waals surface area contributed by atoms with Gasteiger partial charge in [-0.3, -0.25) is 0 Å². The largest absolute Gasteiger partial charge is 0.381 e. The van der Waals surface area contributed by atoms with Gasteiger partial charge in [-0.15, -0.1) is 0 Å². The first-order chi connectivity index (χ1) is 7.79. The summed E-state index contributed by atoms with van der Waals surface area (Å²) in [5.41, 5.74) is 4.09. The third-order valence-electron chi connectivity index (χ3n) is 2.42. The standard InChI is InChI=1S/C13H12N2S/c1-10-6-13(3-2-12(10)7-14)15-8-11-4-5-16-9-11/h2-6,9,15H,8H2,1H3. The van der Waals surface area contributed by atoms with Crippen LogP contribution in [0, 0.1) is 18.3 Å². The van der Waals surface area contributed by atoms with Crippen LogP contribution in [-0.4, -0.2) is 0 Å². The van der Waals surface area contributed by atoms with Crippen molar-refractivity contribution in [3.05, 3.63) is 51.7 Å². The van der Waals surface area contributed by atoms with Gasteiger partial charge in [0.15, 0.2) is 0 Å². The number of hydrogen-bond donors (Lipinski definition) is 1. The van der Waals surface area contributed by atoms with Gasteiger partial charge >= 0.3 is 0 Å². The summed E-state index contributed by atoms with van der Waals surface area (Å²) in [5.74, 6) is 0. The van der Waals surface area contributed by atoms with Gasteiger partial charge in [-0.05, 0) is 53.1 Å². The maximum absolute atomic E-state index is 8.82. The van der Waals surface area contributed by atoms with Gasteiger partial charge in [-0.2, -0.15) is 16.6 Å². The van der Waals surface area contributed by atoms with Crippen molar-refractivity contribution in [3.8, 4) is 6.07 Å². The Bertz CT molecular complexity index is 509. The van der Waals surface area contributed by atoms with Gasteiger partial charge in [0, 0.05) is 12.2 Å². The number of nitriles is 1. The Labute approximate surface area is 99.2 Å². The first-order valence-electron chi connectivity index (χ1n) is 5.05. The molecule has 3 heteroatoms. The van der Waals surface area contributed by atoms with Gasteiger partial charge in [-0.25, -0.2) is 0 Å². The van der Waals surface area contributed by atoms with Crippen molar-refractivity contribution >= 4 is 17.0 Å². The summed E-state index contributed by atoms with van der Waals surface area (Å²) in [6.07, 6.45) is 0. The third kappa shape index (κ3) is 2.41. The van der Waals surface area contributed by atoms with Gasteiger partial charge in [0.05, 0.1) is 11.6 Å². The molecular weight excluding hydrogens is 216 g/mol. The molecule has 0 bridgehead atoms. The average molecular weight is 228 g/mol. The van der Waals surface area contributed by atoms with Crippen LogP contribution in [0.15, 0.2) is 35.0 Å². The molecule has 0 atom stereocenters. The Hall–Kier alpha value is -1.79. The fraction of sp³-hybridized carbons (Fsp3) is 0.154. The van der Waals surface area contributed by atoms with Crippen molar-refractivity contribution in [3.63, 3.8) is 0 Å². The monoisotopic (exact) mass is 228 g/mol. The highest BCUT2D eigenvalue weighted by Gasteiger charge is 1.99. The van der Waals surface area contributed by atoms with Crippen LogP contribution < -0.4 is 5.32 Å². The zero-order valence-electron chi connectivity index (χ0n) is 9.03. The quantitative estimate of drug-likeness (QED) is 0.872. The van der Waals surface area contributed by atoms with E-state index in [2.05, 4.69) is 28.2 Å². The highest BCUT2D eigenvalue weighted by atomic mass is 32.1. The summed E-state index contributed by atoms with van der Waals surface area (Å²) >= 11 is 1.70. The molecule has 0 fully saturated rings. The molecular formula is C13H12N2S. The Balaban J connectivity index is 2.06. The van der Waals surface area contributed by atoms with Gasteiger partial charge in [0.2, 0.25) is 0 Å². The summed E-state index contributed by atoms with van der Waals surface area (Å²) in [4.78, 5) is 0. The minimum atomic E-state index is 0.737. The van der Waals surface area contributed by atoms with Crippen molar-refractivity contribution in [2.24, 2.45) is 0 Å². The second-order valence-electron chi connectivity index (χ2n) is 3.63. The second-order valence-corrected chi connectivity index (χ2v) is 4.41. The van der Waals surface area contributed by atoms with E-state index < -0.39 is 0 Å². The number of anilines is 1. The van der Waals surface area contributed by atoms with Crippen LogP contribution in [-0.2, 0) is 6.54 Å². The molecule has 0 radical (unpaired) electrons. The van der Waals surface area contributed by atoms with Gasteiger partial charge < -0.3 is 5.32 Å². The normalized spacial score (nSPS) is 9.75.